The number of fused-ring (bicyclic) bond motifs is 1. The molecule has 3 aromatic rings. The number of piperidine rings is 1. The van der Waals surface area contributed by atoms with Crippen LogP contribution < -0.4 is 10.3 Å². The van der Waals surface area contributed by atoms with Crippen LogP contribution in [-0.2, 0) is 10.0 Å². The van der Waals surface area contributed by atoms with E-state index < -0.39 is 10.0 Å². The molecule has 0 radical (unpaired) electrons. The summed E-state index contributed by atoms with van der Waals surface area (Å²) in [6.07, 6.45) is 3.57. The van der Waals surface area contributed by atoms with E-state index >= 15 is 0 Å². The fourth-order valence-corrected chi connectivity index (χ4v) is 4.86. The van der Waals surface area contributed by atoms with E-state index in [-0.39, 0.29) is 23.2 Å². The number of rotatable bonds is 4. The standard InChI is InChI=1S/C22H27N5O4S/c1-13-8-7-9-16(25-32(4,30)31)20(13)22(29)26-11-6-5-10-18(26)17-12-19-23-15(3)14(2)21(28)27(19)24-17/h7-9,12,18,24-25H,5-6,10-11H2,1-4H3. The second-order valence-corrected chi connectivity index (χ2v) is 10.2. The quantitative estimate of drug-likeness (QED) is 0.625. The predicted octanol–water partition coefficient (Wildman–Crippen LogP) is 2.69. The van der Waals surface area contributed by atoms with E-state index in [4.69, 9.17) is 0 Å². The first-order valence-corrected chi connectivity index (χ1v) is 12.4. The summed E-state index contributed by atoms with van der Waals surface area (Å²) in [6, 6.07) is 6.64. The van der Waals surface area contributed by atoms with Crippen LogP contribution in [0.3, 0.4) is 0 Å². The van der Waals surface area contributed by atoms with E-state index in [0.29, 0.717) is 34.6 Å². The molecule has 1 aliphatic heterocycles. The average molecular weight is 458 g/mol. The van der Waals surface area contributed by atoms with Gasteiger partial charge in [0.25, 0.3) is 11.5 Å². The summed E-state index contributed by atoms with van der Waals surface area (Å²) in [4.78, 5) is 32.6. The molecule has 1 saturated heterocycles. The van der Waals surface area contributed by atoms with Gasteiger partial charge in [0.2, 0.25) is 10.0 Å². The van der Waals surface area contributed by atoms with E-state index in [9.17, 15) is 18.0 Å². The molecule has 1 aliphatic rings. The van der Waals surface area contributed by atoms with Crippen molar-refractivity contribution >= 4 is 27.3 Å². The van der Waals surface area contributed by atoms with Crippen molar-refractivity contribution in [2.45, 2.75) is 46.1 Å². The minimum absolute atomic E-state index is 0.161. The normalized spacial score (nSPS) is 17.0. The molecule has 4 rings (SSSR count). The van der Waals surface area contributed by atoms with E-state index in [1.54, 1.807) is 43.9 Å². The van der Waals surface area contributed by atoms with Gasteiger partial charge in [0, 0.05) is 23.9 Å². The Labute approximate surface area is 186 Å². The zero-order valence-corrected chi connectivity index (χ0v) is 19.4. The van der Waals surface area contributed by atoms with Crippen LogP contribution in [0.4, 0.5) is 5.69 Å². The third kappa shape index (κ3) is 4.02. The molecule has 2 aromatic heterocycles. The van der Waals surface area contributed by atoms with Crippen molar-refractivity contribution < 1.29 is 13.2 Å². The molecule has 3 heterocycles. The fourth-order valence-electron chi connectivity index (χ4n) is 4.29. The fraction of sp³-hybridized carbons (Fsp3) is 0.409. The zero-order valence-electron chi connectivity index (χ0n) is 18.6. The maximum atomic E-state index is 13.7. The lowest BCUT2D eigenvalue weighted by Gasteiger charge is -2.36. The Morgan fingerprint density at radius 1 is 1.22 bits per heavy atom. The number of aryl methyl sites for hydroxylation is 2. The topological polar surface area (TPSA) is 117 Å². The molecule has 0 saturated carbocycles. The molecule has 1 aromatic carbocycles. The lowest BCUT2D eigenvalue weighted by atomic mass is 9.96. The van der Waals surface area contributed by atoms with Crippen LogP contribution in [0.25, 0.3) is 5.65 Å². The number of carbonyl (C=O) groups excluding carboxylic acids is 1. The molecule has 32 heavy (non-hydrogen) atoms. The monoisotopic (exact) mass is 457 g/mol. The van der Waals surface area contributed by atoms with Crippen LogP contribution >= 0.6 is 0 Å². The number of hydrogen-bond acceptors (Lipinski definition) is 5. The lowest BCUT2D eigenvalue weighted by Crippen LogP contribution is -2.39. The highest BCUT2D eigenvalue weighted by Gasteiger charge is 2.32. The van der Waals surface area contributed by atoms with E-state index in [0.717, 1.165) is 31.2 Å². The van der Waals surface area contributed by atoms with Gasteiger partial charge in [0.1, 0.15) is 0 Å². The summed E-state index contributed by atoms with van der Waals surface area (Å²) in [7, 11) is -3.55. The molecule has 0 bridgehead atoms. The first-order chi connectivity index (χ1) is 15.1. The Morgan fingerprint density at radius 2 is 1.97 bits per heavy atom. The smallest absolute Gasteiger partial charge is 0.275 e. The van der Waals surface area contributed by atoms with Gasteiger partial charge in [-0.05, 0) is 51.7 Å². The predicted molar refractivity (Wildman–Crippen MR) is 123 cm³/mol. The number of likely N-dealkylation sites (tertiary alicyclic amines) is 1. The SMILES string of the molecule is Cc1cccc(NS(C)(=O)=O)c1C(=O)N1CCCCC1c1cc2nc(C)c(C)c(=O)n2[nH]1. The van der Waals surface area contributed by atoms with Crippen LogP contribution in [0.1, 0.15) is 58.2 Å². The number of benzene rings is 1. The number of H-pyrrole nitrogens is 1. The number of aromatic nitrogens is 3. The Morgan fingerprint density at radius 3 is 2.69 bits per heavy atom. The lowest BCUT2D eigenvalue weighted by molar-refractivity contribution is 0.0606. The molecule has 0 spiro atoms. The van der Waals surface area contributed by atoms with Gasteiger partial charge in [0.05, 0.1) is 29.2 Å². The number of carbonyl (C=O) groups is 1. The van der Waals surface area contributed by atoms with Gasteiger partial charge in [-0.1, -0.05) is 12.1 Å². The number of hydrogen-bond donors (Lipinski definition) is 2. The summed E-state index contributed by atoms with van der Waals surface area (Å²) in [5, 5.41) is 3.14. The molecule has 1 fully saturated rings. The zero-order chi connectivity index (χ0) is 23.2. The summed E-state index contributed by atoms with van der Waals surface area (Å²) < 4.78 is 27.6. The highest BCUT2D eigenvalue weighted by Crippen LogP contribution is 2.34. The minimum Gasteiger partial charge on any atom is -0.330 e. The van der Waals surface area contributed by atoms with E-state index in [1.807, 2.05) is 6.07 Å². The molecule has 0 aliphatic carbocycles. The summed E-state index contributed by atoms with van der Waals surface area (Å²) in [5.74, 6) is -0.245. The summed E-state index contributed by atoms with van der Waals surface area (Å²) in [6.45, 7) is 5.86. The van der Waals surface area contributed by atoms with Crippen LogP contribution in [0.5, 0.6) is 0 Å². The van der Waals surface area contributed by atoms with Gasteiger partial charge in [-0.25, -0.2) is 17.9 Å². The van der Waals surface area contributed by atoms with Gasteiger partial charge < -0.3 is 4.90 Å². The van der Waals surface area contributed by atoms with Gasteiger partial charge in [-0.3, -0.25) is 19.4 Å². The molecule has 10 heteroatoms. The van der Waals surface area contributed by atoms with Gasteiger partial charge in [-0.2, -0.15) is 0 Å². The summed E-state index contributed by atoms with van der Waals surface area (Å²) >= 11 is 0. The van der Waals surface area contributed by atoms with Gasteiger partial charge in [0.15, 0.2) is 5.65 Å². The number of nitrogens with zero attached hydrogens (tertiary/aromatic N) is 3. The van der Waals surface area contributed by atoms with E-state index in [2.05, 4.69) is 14.8 Å². The second kappa shape index (κ2) is 8.09. The van der Waals surface area contributed by atoms with Crippen LogP contribution in [0.2, 0.25) is 0 Å². The minimum atomic E-state index is -3.55. The number of amides is 1. The number of nitrogens with one attached hydrogen (secondary N) is 2. The Hall–Kier alpha value is -3.14. The van der Waals surface area contributed by atoms with Crippen molar-refractivity contribution in [3.8, 4) is 0 Å². The van der Waals surface area contributed by atoms with Crippen molar-refractivity contribution in [1.29, 1.82) is 0 Å². The number of anilines is 1. The number of sulfonamides is 1. The highest BCUT2D eigenvalue weighted by atomic mass is 32.2. The Kier molecular flexibility index (Phi) is 5.58. The molecular formula is C22H27N5O4S. The largest absolute Gasteiger partial charge is 0.330 e. The number of aromatic amines is 1. The van der Waals surface area contributed by atoms with E-state index in [1.165, 1.54) is 4.52 Å². The summed E-state index contributed by atoms with van der Waals surface area (Å²) in [5.41, 5.74) is 3.63. The first-order valence-electron chi connectivity index (χ1n) is 10.5. The second-order valence-electron chi connectivity index (χ2n) is 8.41. The van der Waals surface area contributed by atoms with Gasteiger partial charge >= 0.3 is 0 Å². The van der Waals surface area contributed by atoms with Crippen molar-refractivity contribution in [1.82, 2.24) is 19.5 Å². The Balaban J connectivity index is 1.77. The molecular weight excluding hydrogens is 430 g/mol. The molecule has 1 atom stereocenters. The van der Waals surface area contributed by atoms with Crippen molar-refractivity contribution in [3.63, 3.8) is 0 Å². The maximum Gasteiger partial charge on any atom is 0.275 e. The van der Waals surface area contributed by atoms with Crippen molar-refractivity contribution in [2.24, 2.45) is 0 Å². The van der Waals surface area contributed by atoms with Crippen molar-refractivity contribution in [2.75, 3.05) is 17.5 Å². The molecule has 170 valence electrons. The molecule has 1 unspecified atom stereocenters. The maximum absolute atomic E-state index is 13.7. The van der Waals surface area contributed by atoms with Crippen molar-refractivity contribution in [3.05, 3.63) is 62.7 Å². The highest BCUT2D eigenvalue weighted by molar-refractivity contribution is 7.92. The third-order valence-corrected chi connectivity index (χ3v) is 6.60. The van der Waals surface area contributed by atoms with Gasteiger partial charge in [-0.15, -0.1) is 0 Å². The molecule has 1 amide bonds. The first kappa shape index (κ1) is 22.1. The third-order valence-electron chi connectivity index (χ3n) is 6.01. The van der Waals surface area contributed by atoms with Crippen LogP contribution in [-0.4, -0.2) is 46.6 Å². The Bertz CT molecular complexity index is 1370. The molecule has 9 nitrogen and oxygen atoms in total. The molecule has 2 N–H and O–H groups in total. The average Bonchev–Trinajstić information content (AvgIpc) is 3.14. The van der Waals surface area contributed by atoms with Crippen LogP contribution in [0.15, 0.2) is 29.1 Å². The van der Waals surface area contributed by atoms with Crippen LogP contribution in [0, 0.1) is 20.8 Å².